The van der Waals surface area contributed by atoms with E-state index in [1.165, 1.54) is 12.1 Å². The Hall–Kier alpha value is -1.26. The molecule has 1 aromatic rings. The molecule has 1 heterocycles. The minimum absolute atomic E-state index is 0.0587. The molecule has 0 unspecified atom stereocenters. The molecule has 0 N–H and O–H groups in total. The van der Waals surface area contributed by atoms with Gasteiger partial charge in [-0.15, -0.1) is 6.58 Å². The van der Waals surface area contributed by atoms with Gasteiger partial charge in [-0.05, 0) is 18.9 Å². The summed E-state index contributed by atoms with van der Waals surface area (Å²) >= 11 is 0. The minimum Gasteiger partial charge on any atom is -0.348 e. The molecule has 0 aliphatic carbocycles. The van der Waals surface area contributed by atoms with E-state index in [2.05, 4.69) is 6.58 Å². The van der Waals surface area contributed by atoms with Crippen molar-refractivity contribution in [3.63, 3.8) is 0 Å². The van der Waals surface area contributed by atoms with Crippen molar-refractivity contribution in [2.45, 2.75) is 25.8 Å². The Bertz CT molecular complexity index is 426. The summed E-state index contributed by atoms with van der Waals surface area (Å²) in [6, 6.07) is 4.36. The van der Waals surface area contributed by atoms with Gasteiger partial charge in [-0.2, -0.15) is 0 Å². The lowest BCUT2D eigenvalue weighted by molar-refractivity contribution is -0.205. The minimum atomic E-state index is -0.803. The number of halogens is 2. The Morgan fingerprint density at radius 3 is 2.63 bits per heavy atom. The maximum Gasteiger partial charge on any atom is 0.183 e. The van der Waals surface area contributed by atoms with Gasteiger partial charge >= 0.3 is 0 Å². The van der Waals surface area contributed by atoms with E-state index in [1.807, 2.05) is 6.08 Å². The quantitative estimate of drug-likeness (QED) is 0.753. The smallest absolute Gasteiger partial charge is 0.183 e. The largest absolute Gasteiger partial charge is 0.348 e. The monoisotopic (exact) mass is 268 g/mol. The van der Waals surface area contributed by atoms with Gasteiger partial charge in [-0.1, -0.05) is 18.2 Å². The van der Waals surface area contributed by atoms with Gasteiger partial charge in [0.2, 0.25) is 0 Å². The second kappa shape index (κ2) is 6.78. The predicted octanol–water partition coefficient (Wildman–Crippen LogP) is 3.92. The maximum atomic E-state index is 13.5. The van der Waals surface area contributed by atoms with E-state index in [9.17, 15) is 8.78 Å². The number of ether oxygens (including phenoxy) is 2. The van der Waals surface area contributed by atoms with Crippen LogP contribution in [0.4, 0.5) is 8.78 Å². The van der Waals surface area contributed by atoms with Crippen LogP contribution >= 0.6 is 0 Å². The first-order valence-electron chi connectivity index (χ1n) is 6.43. The van der Waals surface area contributed by atoms with Crippen molar-refractivity contribution in [1.82, 2.24) is 0 Å². The Morgan fingerprint density at radius 1 is 1.32 bits per heavy atom. The third kappa shape index (κ3) is 3.61. The number of alkyl halides is 1. The Morgan fingerprint density at radius 2 is 2.05 bits per heavy atom. The lowest BCUT2D eigenvalue weighted by atomic mass is 10.0. The highest BCUT2D eigenvalue weighted by molar-refractivity contribution is 5.25. The first kappa shape index (κ1) is 14.2. The molecule has 2 nitrogen and oxygen atoms in total. The fourth-order valence-corrected chi connectivity index (χ4v) is 2.07. The van der Waals surface area contributed by atoms with Gasteiger partial charge in [0.25, 0.3) is 0 Å². The van der Waals surface area contributed by atoms with Gasteiger partial charge in [0.05, 0.1) is 13.2 Å². The summed E-state index contributed by atoms with van der Waals surface area (Å²) in [5.41, 5.74) is 0.653. The average Bonchev–Trinajstić information content (AvgIpc) is 2.45. The van der Waals surface area contributed by atoms with Gasteiger partial charge in [-0.3, -0.25) is 0 Å². The number of rotatable bonds is 5. The highest BCUT2D eigenvalue weighted by Gasteiger charge is 2.23. The van der Waals surface area contributed by atoms with Crippen molar-refractivity contribution in [2.75, 3.05) is 13.2 Å². The maximum absolute atomic E-state index is 13.5. The summed E-state index contributed by atoms with van der Waals surface area (Å²) in [5.74, 6) is -0.204. The van der Waals surface area contributed by atoms with E-state index in [4.69, 9.17) is 9.47 Å². The van der Waals surface area contributed by atoms with Crippen LogP contribution in [0.1, 0.15) is 30.3 Å². The second-order valence-electron chi connectivity index (χ2n) is 4.72. The van der Waals surface area contributed by atoms with Gasteiger partial charge in [-0.25, -0.2) is 8.78 Å². The zero-order valence-corrected chi connectivity index (χ0v) is 10.8. The number of allylic oxidation sites excluding steroid dienone is 1. The van der Waals surface area contributed by atoms with Crippen LogP contribution < -0.4 is 0 Å². The molecular weight excluding hydrogens is 250 g/mol. The Labute approximate surface area is 112 Å². The van der Waals surface area contributed by atoms with Crippen molar-refractivity contribution >= 4 is 0 Å². The van der Waals surface area contributed by atoms with Crippen LogP contribution in [0.25, 0.3) is 0 Å². The van der Waals surface area contributed by atoms with Crippen molar-refractivity contribution < 1.29 is 18.3 Å². The zero-order chi connectivity index (χ0) is 13.7. The highest BCUT2D eigenvalue weighted by atomic mass is 19.1. The summed E-state index contributed by atoms with van der Waals surface area (Å²) in [4.78, 5) is 0. The van der Waals surface area contributed by atoms with Crippen LogP contribution in [-0.2, 0) is 16.1 Å². The van der Waals surface area contributed by atoms with Gasteiger partial charge in [0.1, 0.15) is 12.5 Å². The molecule has 1 aromatic carbocycles. The number of benzene rings is 1. The molecule has 0 atom stereocenters. The lowest BCUT2D eigenvalue weighted by Gasteiger charge is -2.29. The molecule has 0 amide bonds. The first-order chi connectivity index (χ1) is 9.24. The second-order valence-corrected chi connectivity index (χ2v) is 4.72. The zero-order valence-electron chi connectivity index (χ0n) is 10.8. The number of hydrogen-bond acceptors (Lipinski definition) is 2. The van der Waals surface area contributed by atoms with E-state index in [0.717, 1.165) is 12.8 Å². The van der Waals surface area contributed by atoms with Crippen LogP contribution in [0.5, 0.6) is 0 Å². The topological polar surface area (TPSA) is 18.5 Å². The van der Waals surface area contributed by atoms with Gasteiger partial charge in [0.15, 0.2) is 6.29 Å². The van der Waals surface area contributed by atoms with Crippen LogP contribution in [0.15, 0.2) is 30.9 Å². The summed E-state index contributed by atoms with van der Waals surface area (Å²) in [5, 5.41) is 0. The van der Waals surface area contributed by atoms with E-state index >= 15 is 0 Å². The summed E-state index contributed by atoms with van der Waals surface area (Å²) < 4.78 is 37.1. The lowest BCUT2D eigenvalue weighted by Crippen LogP contribution is -2.27. The average molecular weight is 268 g/mol. The van der Waals surface area contributed by atoms with Crippen molar-refractivity contribution in [3.8, 4) is 0 Å². The molecule has 1 aliphatic rings. The van der Waals surface area contributed by atoms with Gasteiger partial charge in [0, 0.05) is 17.0 Å². The molecule has 4 heteroatoms. The summed E-state index contributed by atoms with van der Waals surface area (Å²) in [6.07, 6.45) is 3.23. The molecule has 2 rings (SSSR count). The normalized spacial score (nSPS) is 23.3. The SMILES string of the molecule is C=CCCC1COC(c2ccc(CF)c(F)c2)OC1. The molecule has 0 radical (unpaired) electrons. The fraction of sp³-hybridized carbons (Fsp3) is 0.467. The Kier molecular flexibility index (Phi) is 5.05. The molecule has 19 heavy (non-hydrogen) atoms. The van der Waals surface area contributed by atoms with Crippen molar-refractivity contribution in [1.29, 1.82) is 0 Å². The van der Waals surface area contributed by atoms with Crippen LogP contribution in [-0.4, -0.2) is 13.2 Å². The standard InChI is InChI=1S/C15H18F2O2/c1-2-3-4-11-9-18-15(19-10-11)12-5-6-13(8-16)14(17)7-12/h2,5-7,11,15H,1,3-4,8-10H2. The third-order valence-corrected chi connectivity index (χ3v) is 3.24. The molecule has 1 fully saturated rings. The molecule has 1 saturated heterocycles. The fourth-order valence-electron chi connectivity index (χ4n) is 2.07. The Balaban J connectivity index is 1.94. The number of hydrogen-bond donors (Lipinski definition) is 0. The molecule has 0 saturated carbocycles. The van der Waals surface area contributed by atoms with Crippen LogP contribution in [0, 0.1) is 11.7 Å². The summed E-state index contributed by atoms with van der Waals surface area (Å²) in [6.45, 7) is 4.05. The van der Waals surface area contributed by atoms with E-state index < -0.39 is 18.8 Å². The van der Waals surface area contributed by atoms with E-state index in [1.54, 1.807) is 6.07 Å². The molecule has 0 spiro atoms. The molecular formula is C15H18F2O2. The predicted molar refractivity (Wildman–Crippen MR) is 68.8 cm³/mol. The highest BCUT2D eigenvalue weighted by Crippen LogP contribution is 2.28. The van der Waals surface area contributed by atoms with Crippen LogP contribution in [0.3, 0.4) is 0 Å². The van der Waals surface area contributed by atoms with Gasteiger partial charge < -0.3 is 9.47 Å². The van der Waals surface area contributed by atoms with Crippen molar-refractivity contribution in [2.24, 2.45) is 5.92 Å². The molecule has 0 bridgehead atoms. The van der Waals surface area contributed by atoms with Crippen LogP contribution in [0.2, 0.25) is 0 Å². The van der Waals surface area contributed by atoms with Crippen molar-refractivity contribution in [3.05, 3.63) is 47.8 Å². The molecule has 1 aliphatic heterocycles. The van der Waals surface area contributed by atoms with E-state index in [-0.39, 0.29) is 5.56 Å². The first-order valence-corrected chi connectivity index (χ1v) is 6.43. The van der Waals surface area contributed by atoms with E-state index in [0.29, 0.717) is 24.7 Å². The molecule has 0 aromatic heterocycles. The summed E-state index contributed by atoms with van der Waals surface area (Å²) in [7, 11) is 0. The molecule has 104 valence electrons. The third-order valence-electron chi connectivity index (χ3n) is 3.24.